The molecule has 0 atom stereocenters. The Kier molecular flexibility index (Phi) is 5.97. The van der Waals surface area contributed by atoms with Gasteiger partial charge in [0.2, 0.25) is 0 Å². The molecule has 0 fully saturated rings. The van der Waals surface area contributed by atoms with Gasteiger partial charge >= 0.3 is 0 Å². The molecule has 0 saturated carbocycles. The minimum Gasteiger partial charge on any atom is -0.493 e. The molecule has 0 bridgehead atoms. The molecule has 0 aromatic heterocycles. The van der Waals surface area contributed by atoms with E-state index in [1.165, 1.54) is 13.2 Å². The largest absolute Gasteiger partial charge is 0.493 e. The van der Waals surface area contributed by atoms with Crippen molar-refractivity contribution in [3.63, 3.8) is 0 Å². The maximum Gasteiger partial charge on any atom is 0.288 e. The van der Waals surface area contributed by atoms with Gasteiger partial charge in [0.15, 0.2) is 5.78 Å². The van der Waals surface area contributed by atoms with Crippen LogP contribution in [0, 0.1) is 0 Å². The fraction of sp³-hybridized carbons (Fsp3) is 0.526. The minimum atomic E-state index is -3.20. The summed E-state index contributed by atoms with van der Waals surface area (Å²) in [4.78, 5) is 10.8. The Morgan fingerprint density at radius 2 is 1.57 bits per heavy atom. The average molecular weight is 336 g/mol. The molecule has 0 spiro atoms. The molecule has 1 aromatic rings. The van der Waals surface area contributed by atoms with Crippen molar-refractivity contribution in [2.75, 3.05) is 6.61 Å². The van der Waals surface area contributed by atoms with Crippen LogP contribution in [0.2, 0.25) is 10.1 Å². The van der Waals surface area contributed by atoms with Crippen molar-refractivity contribution in [1.29, 1.82) is 0 Å². The zero-order chi connectivity index (χ0) is 17.9. The van der Waals surface area contributed by atoms with Gasteiger partial charge in [0.1, 0.15) is 6.61 Å². The maximum atomic E-state index is 16.1. The van der Waals surface area contributed by atoms with Gasteiger partial charge in [0, 0.05) is 0 Å². The van der Waals surface area contributed by atoms with Gasteiger partial charge in [0.25, 0.3) is 8.41 Å². The highest BCUT2D eigenvalue weighted by molar-refractivity contribution is 6.90. The predicted molar refractivity (Wildman–Crippen MR) is 98.0 cm³/mol. The monoisotopic (exact) mass is 335 g/mol. The smallest absolute Gasteiger partial charge is 0.288 e. The fourth-order valence-electron chi connectivity index (χ4n) is 3.11. The van der Waals surface area contributed by atoms with Crippen LogP contribution in [0.15, 0.2) is 30.5 Å². The lowest BCUT2D eigenvalue weighted by atomic mass is 10.2. The molecule has 0 aliphatic rings. The SMILES string of the molecule is CC(=O)COC=Cc1ccc([Si]([18F])(C(C)(C)C)C(C)(C)C)cc1. The number of rotatable bonds is 5. The highest BCUT2D eigenvalue weighted by Gasteiger charge is 2.56. The van der Waals surface area contributed by atoms with Crippen molar-refractivity contribution >= 4 is 25.5 Å². The lowest BCUT2D eigenvalue weighted by molar-refractivity contribution is -0.119. The zero-order valence-electron chi connectivity index (χ0n) is 15.4. The van der Waals surface area contributed by atoms with Gasteiger partial charge in [-0.2, -0.15) is 0 Å². The van der Waals surface area contributed by atoms with Crippen molar-refractivity contribution in [3.05, 3.63) is 36.1 Å². The Morgan fingerprint density at radius 3 is 1.96 bits per heavy atom. The molecule has 0 aliphatic carbocycles. The van der Waals surface area contributed by atoms with Gasteiger partial charge in [0.05, 0.1) is 6.26 Å². The maximum absolute atomic E-state index is 16.1. The van der Waals surface area contributed by atoms with Gasteiger partial charge < -0.3 is 8.84 Å². The summed E-state index contributed by atoms with van der Waals surface area (Å²) >= 11 is 0. The quantitative estimate of drug-likeness (QED) is 0.431. The minimum absolute atomic E-state index is 0.0198. The third-order valence-electron chi connectivity index (χ3n) is 4.02. The Bertz CT molecular complexity index is 549. The molecule has 2 nitrogen and oxygen atoms in total. The predicted octanol–water partition coefficient (Wildman–Crippen LogP) is 4.99. The number of halogens is 1. The zero-order valence-corrected chi connectivity index (χ0v) is 16.4. The highest BCUT2D eigenvalue weighted by Crippen LogP contribution is 2.51. The summed E-state index contributed by atoms with van der Waals surface area (Å²) in [5.74, 6) is -0.0198. The number of benzene rings is 1. The van der Waals surface area contributed by atoms with Crippen molar-refractivity contribution < 1.29 is 13.6 Å². The van der Waals surface area contributed by atoms with E-state index in [4.69, 9.17) is 4.74 Å². The molecule has 1 rings (SSSR count). The van der Waals surface area contributed by atoms with Crippen molar-refractivity contribution in [2.45, 2.75) is 58.5 Å². The third-order valence-corrected chi connectivity index (χ3v) is 9.28. The molecule has 0 aliphatic heterocycles. The van der Waals surface area contributed by atoms with Crippen molar-refractivity contribution in [1.82, 2.24) is 0 Å². The van der Waals surface area contributed by atoms with Crippen LogP contribution < -0.4 is 5.19 Å². The Morgan fingerprint density at radius 1 is 1.09 bits per heavy atom. The second-order valence-corrected chi connectivity index (χ2v) is 13.0. The standard InChI is InChI=1S/C19H29FO2Si/c1-15(21)14-22-13-12-16-8-10-17(11-9-16)23(20,18(2,3)4)19(5,6)7/h8-13H,14H2,1-7H3/i20-1. The third kappa shape index (κ3) is 4.53. The van der Waals surface area contributed by atoms with E-state index in [-0.39, 0.29) is 22.5 Å². The average Bonchev–Trinajstić information content (AvgIpc) is 2.40. The van der Waals surface area contributed by atoms with Gasteiger partial charge in [-0.25, -0.2) is 0 Å². The van der Waals surface area contributed by atoms with Crippen LogP contribution in [-0.2, 0) is 9.53 Å². The molecule has 0 heterocycles. The van der Waals surface area contributed by atoms with Crippen LogP contribution in [0.4, 0.5) is 4.11 Å². The van der Waals surface area contributed by atoms with Gasteiger partial charge in [-0.1, -0.05) is 65.8 Å². The number of hydrogen-bond donors (Lipinski definition) is 0. The van der Waals surface area contributed by atoms with Crippen molar-refractivity contribution in [2.24, 2.45) is 0 Å². The fourth-order valence-corrected chi connectivity index (χ4v) is 7.72. The number of hydrogen-bond acceptors (Lipinski definition) is 2. The van der Waals surface area contributed by atoms with E-state index in [9.17, 15) is 4.79 Å². The summed E-state index contributed by atoms with van der Waals surface area (Å²) in [6, 6.07) is 7.60. The van der Waals surface area contributed by atoms with Crippen LogP contribution in [0.25, 0.3) is 6.08 Å². The normalized spacial score (nSPS) is 13.4. The van der Waals surface area contributed by atoms with E-state index >= 15 is 4.11 Å². The Balaban J connectivity index is 3.04. The highest BCUT2D eigenvalue weighted by atomic mass is 28.4. The molecule has 23 heavy (non-hydrogen) atoms. The summed E-state index contributed by atoms with van der Waals surface area (Å²) in [7, 11) is -3.20. The molecule has 1 aromatic carbocycles. The van der Waals surface area contributed by atoms with E-state index in [1.807, 2.05) is 65.8 Å². The van der Waals surface area contributed by atoms with Crippen LogP contribution in [-0.4, -0.2) is 20.8 Å². The van der Waals surface area contributed by atoms with E-state index in [1.54, 1.807) is 6.08 Å². The number of Topliss-reactive ketones (excluding diaryl/α,β-unsaturated/α-hetero) is 1. The molecule has 0 unspecified atom stereocenters. The van der Waals surface area contributed by atoms with Gasteiger partial charge in [-0.05, 0) is 33.8 Å². The van der Waals surface area contributed by atoms with Crippen LogP contribution in [0.1, 0.15) is 54.0 Å². The van der Waals surface area contributed by atoms with Crippen LogP contribution >= 0.6 is 0 Å². The molecular formula is C19H29FO2Si. The summed E-state index contributed by atoms with van der Waals surface area (Å²) < 4.78 is 21.2. The molecular weight excluding hydrogens is 306 g/mol. The van der Waals surface area contributed by atoms with Gasteiger partial charge in [-0.15, -0.1) is 0 Å². The van der Waals surface area contributed by atoms with E-state index in [2.05, 4.69) is 0 Å². The molecule has 0 saturated heterocycles. The first-order valence-electron chi connectivity index (χ1n) is 7.96. The summed E-state index contributed by atoms with van der Waals surface area (Å²) in [6.07, 6.45) is 3.28. The molecule has 0 N–H and O–H groups in total. The first-order chi connectivity index (χ1) is 10.4. The molecule has 4 heteroatoms. The van der Waals surface area contributed by atoms with Crippen LogP contribution in [0.5, 0.6) is 0 Å². The molecule has 128 valence electrons. The lowest BCUT2D eigenvalue weighted by Crippen LogP contribution is -2.57. The summed E-state index contributed by atoms with van der Waals surface area (Å²) in [5.41, 5.74) is 0.927. The van der Waals surface area contributed by atoms with E-state index < -0.39 is 8.41 Å². The first kappa shape index (κ1) is 19.6. The number of ketones is 1. The van der Waals surface area contributed by atoms with Gasteiger partial charge in [-0.3, -0.25) is 4.79 Å². The second kappa shape index (κ2) is 6.99. The number of carbonyl (C=O) groups is 1. The van der Waals surface area contributed by atoms with E-state index in [0.717, 1.165) is 10.8 Å². The van der Waals surface area contributed by atoms with Crippen molar-refractivity contribution in [3.8, 4) is 0 Å². The number of carbonyl (C=O) groups excluding carboxylic acids is 1. The lowest BCUT2D eigenvalue weighted by Gasteiger charge is -2.44. The topological polar surface area (TPSA) is 26.3 Å². The van der Waals surface area contributed by atoms with Crippen LogP contribution in [0.3, 0.4) is 0 Å². The Labute approximate surface area is 140 Å². The summed E-state index contributed by atoms with van der Waals surface area (Å²) in [5, 5.41) is 0.0553. The first-order valence-corrected chi connectivity index (χ1v) is 9.84. The summed E-state index contributed by atoms with van der Waals surface area (Å²) in [6.45, 7) is 13.5. The molecule has 0 amide bonds. The van der Waals surface area contributed by atoms with E-state index in [0.29, 0.717) is 0 Å². The second-order valence-electron chi connectivity index (χ2n) is 8.10. The molecule has 0 radical (unpaired) electrons. The Hall–Kier alpha value is -1.42. The number of ether oxygens (including phenoxy) is 1.